The summed E-state index contributed by atoms with van der Waals surface area (Å²) in [5.74, 6) is -1.27. The predicted octanol–water partition coefficient (Wildman–Crippen LogP) is -1.59. The fraction of sp³-hybridized carbons (Fsp3) is 0.800. The zero-order valence-electron chi connectivity index (χ0n) is 5.26. The third kappa shape index (κ3) is 3.93. The van der Waals surface area contributed by atoms with Crippen LogP contribution in [-0.2, 0) is 4.79 Å². The second-order valence-corrected chi connectivity index (χ2v) is 1.72. The smallest absolute Gasteiger partial charge is 0.289 e. The lowest BCUT2D eigenvalue weighted by molar-refractivity contribution is -0.408. The number of nitrogens with one attached hydrogen (secondary N) is 1. The van der Waals surface area contributed by atoms with Gasteiger partial charge in [0.2, 0.25) is 0 Å². The molecule has 0 aromatic rings. The standard InChI is InChI=1S/C5H10NO3/c1-6-3-2-4(7)5(8)9/h4,6H,2-3H2,1H3,(H,8,9)/q-1/t4-/m0/s1. The van der Waals surface area contributed by atoms with Crippen LogP contribution < -0.4 is 10.4 Å². The van der Waals surface area contributed by atoms with E-state index in [-0.39, 0.29) is 6.42 Å². The van der Waals surface area contributed by atoms with Crippen LogP contribution in [0.2, 0.25) is 0 Å². The third-order valence-corrected chi connectivity index (χ3v) is 0.932. The van der Waals surface area contributed by atoms with Crippen LogP contribution >= 0.6 is 0 Å². The van der Waals surface area contributed by atoms with E-state index < -0.39 is 12.1 Å². The van der Waals surface area contributed by atoms with E-state index in [4.69, 9.17) is 5.11 Å². The fourth-order valence-electron chi connectivity index (χ4n) is 0.399. The molecule has 54 valence electrons. The molecule has 0 radical (unpaired) electrons. The van der Waals surface area contributed by atoms with Gasteiger partial charge in [-0.15, -0.1) is 0 Å². The maximum Gasteiger partial charge on any atom is 0.289 e. The SMILES string of the molecule is CNCC[C@H]([O-])C(=O)O. The average Bonchev–Trinajstić information content (AvgIpc) is 1.82. The van der Waals surface area contributed by atoms with Crippen molar-refractivity contribution in [1.29, 1.82) is 0 Å². The van der Waals surface area contributed by atoms with Gasteiger partial charge in [0.15, 0.2) is 0 Å². The Bertz CT molecular complexity index is 94.2. The normalized spacial score (nSPS) is 13.1. The maximum atomic E-state index is 10.3. The summed E-state index contributed by atoms with van der Waals surface area (Å²) in [5, 5.41) is 21.1. The Kier molecular flexibility index (Phi) is 4.00. The Morgan fingerprint density at radius 2 is 2.44 bits per heavy atom. The second kappa shape index (κ2) is 4.29. The summed E-state index contributed by atoms with van der Waals surface area (Å²) in [6, 6.07) is 0. The maximum absolute atomic E-state index is 10.3. The molecule has 0 aliphatic carbocycles. The molecule has 0 aromatic carbocycles. The summed E-state index contributed by atoms with van der Waals surface area (Å²) >= 11 is 0. The van der Waals surface area contributed by atoms with Crippen molar-refractivity contribution in [2.75, 3.05) is 13.6 Å². The molecule has 0 heterocycles. The molecule has 0 aliphatic rings. The van der Waals surface area contributed by atoms with Crippen LogP contribution in [0.15, 0.2) is 0 Å². The van der Waals surface area contributed by atoms with E-state index in [0.29, 0.717) is 6.54 Å². The van der Waals surface area contributed by atoms with Gasteiger partial charge in [-0.1, -0.05) is 0 Å². The first-order valence-corrected chi connectivity index (χ1v) is 2.71. The summed E-state index contributed by atoms with van der Waals surface area (Å²) in [5.41, 5.74) is 0. The van der Waals surface area contributed by atoms with Crippen LogP contribution in [0, 0.1) is 0 Å². The molecule has 0 spiro atoms. The highest BCUT2D eigenvalue weighted by Gasteiger charge is 2.00. The molecular formula is C5H10NO3-. The molecule has 0 unspecified atom stereocenters. The van der Waals surface area contributed by atoms with Crippen molar-refractivity contribution < 1.29 is 15.0 Å². The van der Waals surface area contributed by atoms with Gasteiger partial charge in [0.25, 0.3) is 5.97 Å². The van der Waals surface area contributed by atoms with Crippen molar-refractivity contribution in [3.05, 3.63) is 0 Å². The predicted molar refractivity (Wildman–Crippen MR) is 30.0 cm³/mol. The van der Waals surface area contributed by atoms with E-state index in [2.05, 4.69) is 5.32 Å². The molecule has 0 saturated heterocycles. The lowest BCUT2D eigenvalue weighted by Crippen LogP contribution is -2.36. The summed E-state index contributed by atoms with van der Waals surface area (Å²) in [6.45, 7) is 0.459. The van der Waals surface area contributed by atoms with Crippen molar-refractivity contribution in [1.82, 2.24) is 5.32 Å². The van der Waals surface area contributed by atoms with Gasteiger partial charge in [-0.25, -0.2) is 0 Å². The zero-order chi connectivity index (χ0) is 7.28. The van der Waals surface area contributed by atoms with Gasteiger partial charge in [-0.3, -0.25) is 4.79 Å². The van der Waals surface area contributed by atoms with E-state index in [1.807, 2.05) is 0 Å². The van der Waals surface area contributed by atoms with Crippen LogP contribution in [0.1, 0.15) is 6.42 Å². The molecule has 2 N–H and O–H groups in total. The van der Waals surface area contributed by atoms with Crippen molar-refractivity contribution in [3.63, 3.8) is 0 Å². The highest BCUT2D eigenvalue weighted by atomic mass is 16.4. The first kappa shape index (κ1) is 8.39. The minimum atomic E-state index is -1.47. The van der Waals surface area contributed by atoms with E-state index in [9.17, 15) is 9.90 Å². The molecule has 9 heavy (non-hydrogen) atoms. The number of hydrogen-bond donors (Lipinski definition) is 2. The number of rotatable bonds is 4. The molecule has 0 amide bonds. The summed E-state index contributed by atoms with van der Waals surface area (Å²) in [6.07, 6.45) is -1.33. The highest BCUT2D eigenvalue weighted by molar-refractivity contribution is 5.71. The van der Waals surface area contributed by atoms with Gasteiger partial charge in [-0.2, -0.15) is 0 Å². The molecule has 4 nitrogen and oxygen atoms in total. The molecule has 1 atom stereocenters. The lowest BCUT2D eigenvalue weighted by Gasteiger charge is -2.15. The van der Waals surface area contributed by atoms with Gasteiger partial charge >= 0.3 is 0 Å². The quantitative estimate of drug-likeness (QED) is 0.483. The van der Waals surface area contributed by atoms with Gasteiger partial charge < -0.3 is 15.5 Å². The van der Waals surface area contributed by atoms with Crippen LogP contribution in [-0.4, -0.2) is 30.8 Å². The van der Waals surface area contributed by atoms with Gasteiger partial charge in [-0.05, 0) is 26.1 Å². The van der Waals surface area contributed by atoms with E-state index in [0.717, 1.165) is 0 Å². The summed E-state index contributed by atoms with van der Waals surface area (Å²) in [4.78, 5) is 9.86. The van der Waals surface area contributed by atoms with Crippen LogP contribution in [0.5, 0.6) is 0 Å². The zero-order valence-corrected chi connectivity index (χ0v) is 5.26. The first-order chi connectivity index (χ1) is 4.18. The Balaban J connectivity index is 3.27. The topological polar surface area (TPSA) is 72.4 Å². The van der Waals surface area contributed by atoms with Crippen molar-refractivity contribution >= 4 is 5.97 Å². The third-order valence-electron chi connectivity index (χ3n) is 0.932. The summed E-state index contributed by atoms with van der Waals surface area (Å²) < 4.78 is 0. The minimum absolute atomic E-state index is 0.145. The summed E-state index contributed by atoms with van der Waals surface area (Å²) in [7, 11) is 1.68. The average molecular weight is 132 g/mol. The van der Waals surface area contributed by atoms with Crippen molar-refractivity contribution in [2.45, 2.75) is 12.5 Å². The minimum Gasteiger partial charge on any atom is -0.844 e. The molecule has 0 fully saturated rings. The Labute approximate surface area is 53.5 Å². The number of hydrogen-bond acceptors (Lipinski definition) is 3. The molecule has 4 heteroatoms. The van der Waals surface area contributed by atoms with Crippen molar-refractivity contribution in [2.24, 2.45) is 0 Å². The van der Waals surface area contributed by atoms with E-state index in [1.165, 1.54) is 0 Å². The molecule has 0 saturated carbocycles. The van der Waals surface area contributed by atoms with Gasteiger partial charge in [0.05, 0.1) is 0 Å². The van der Waals surface area contributed by atoms with Gasteiger partial charge in [0.1, 0.15) is 0 Å². The lowest BCUT2D eigenvalue weighted by atomic mass is 10.2. The molecule has 0 aromatic heterocycles. The molecule has 0 aliphatic heterocycles. The largest absolute Gasteiger partial charge is 0.844 e. The number of aliphatic carboxylic acids is 1. The Morgan fingerprint density at radius 3 is 2.78 bits per heavy atom. The van der Waals surface area contributed by atoms with E-state index in [1.54, 1.807) is 7.05 Å². The fourth-order valence-corrected chi connectivity index (χ4v) is 0.399. The Hall–Kier alpha value is -0.610. The number of carboxylic acids is 1. The van der Waals surface area contributed by atoms with Crippen LogP contribution in [0.25, 0.3) is 0 Å². The first-order valence-electron chi connectivity index (χ1n) is 2.71. The monoisotopic (exact) mass is 132 g/mol. The highest BCUT2D eigenvalue weighted by Crippen LogP contribution is 1.83. The number of carbonyl (C=O) groups is 1. The molecule has 0 bridgehead atoms. The molecular weight excluding hydrogens is 122 g/mol. The number of carboxylic acid groups (broad SMARTS) is 1. The van der Waals surface area contributed by atoms with Crippen LogP contribution in [0.3, 0.4) is 0 Å². The van der Waals surface area contributed by atoms with Crippen molar-refractivity contribution in [3.8, 4) is 0 Å². The van der Waals surface area contributed by atoms with Gasteiger partial charge in [0, 0.05) is 0 Å². The molecule has 0 rings (SSSR count). The second-order valence-electron chi connectivity index (χ2n) is 1.72. The Morgan fingerprint density at radius 1 is 1.89 bits per heavy atom. The van der Waals surface area contributed by atoms with E-state index >= 15 is 0 Å². The van der Waals surface area contributed by atoms with Crippen LogP contribution in [0.4, 0.5) is 0 Å².